The van der Waals surface area contributed by atoms with Gasteiger partial charge in [0.2, 0.25) is 0 Å². The zero-order valence-electron chi connectivity index (χ0n) is 12.0. The third-order valence-corrected chi connectivity index (χ3v) is 3.90. The van der Waals surface area contributed by atoms with E-state index in [9.17, 15) is 9.59 Å². The zero-order valence-corrected chi connectivity index (χ0v) is 12.8. The molecule has 0 radical (unpaired) electrons. The van der Waals surface area contributed by atoms with Crippen LogP contribution in [0.15, 0.2) is 0 Å². The molecule has 0 bridgehead atoms. The summed E-state index contributed by atoms with van der Waals surface area (Å²) in [5.74, 6) is -0.787. The second-order valence-corrected chi connectivity index (χ2v) is 5.42. The minimum absolute atomic E-state index is 0.0607. The highest BCUT2D eigenvalue weighted by molar-refractivity contribution is 7.17. The molecule has 2 heterocycles. The first-order valence-electron chi connectivity index (χ1n) is 6.74. The number of ether oxygens (including phenoxy) is 3. The van der Waals surface area contributed by atoms with E-state index in [1.54, 1.807) is 6.92 Å². The van der Waals surface area contributed by atoms with Gasteiger partial charge in [-0.3, -0.25) is 4.79 Å². The molecule has 7 nitrogen and oxygen atoms in total. The van der Waals surface area contributed by atoms with Crippen molar-refractivity contribution in [3.63, 3.8) is 0 Å². The van der Waals surface area contributed by atoms with Gasteiger partial charge in [-0.05, 0) is 6.92 Å². The largest absolute Gasteiger partial charge is 0.461 e. The molecule has 0 saturated carbocycles. The Morgan fingerprint density at radius 2 is 2.29 bits per heavy atom. The van der Waals surface area contributed by atoms with Crippen molar-refractivity contribution in [2.75, 3.05) is 38.3 Å². The van der Waals surface area contributed by atoms with E-state index < -0.39 is 5.97 Å². The van der Waals surface area contributed by atoms with Crippen molar-refractivity contribution in [2.45, 2.75) is 20.0 Å². The number of ketones is 1. The standard InChI is InChI=1S/C13H18N2O5S/c1-3-19-12(17)10-11(8(2)16)21-13(15-10)14-6-9-7-18-4-5-20-9/h9H,3-7H2,1-2H3,(H,14,15). The Balaban J connectivity index is 2.04. The molecular formula is C13H18N2O5S. The van der Waals surface area contributed by atoms with Gasteiger partial charge in [0.1, 0.15) is 4.88 Å². The van der Waals surface area contributed by atoms with Gasteiger partial charge in [-0.1, -0.05) is 11.3 Å². The first-order chi connectivity index (χ1) is 10.1. The number of hydrogen-bond donors (Lipinski definition) is 1. The summed E-state index contributed by atoms with van der Waals surface area (Å²) in [7, 11) is 0. The van der Waals surface area contributed by atoms with Crippen LogP contribution in [0.4, 0.5) is 5.13 Å². The summed E-state index contributed by atoms with van der Waals surface area (Å²) in [4.78, 5) is 27.8. The molecule has 8 heteroatoms. The van der Waals surface area contributed by atoms with Gasteiger partial charge in [0, 0.05) is 13.5 Å². The second kappa shape index (κ2) is 7.48. The first kappa shape index (κ1) is 15.9. The highest BCUT2D eigenvalue weighted by atomic mass is 32.1. The Morgan fingerprint density at radius 3 is 2.90 bits per heavy atom. The van der Waals surface area contributed by atoms with Crippen LogP contribution < -0.4 is 5.32 Å². The Labute approximate surface area is 126 Å². The Morgan fingerprint density at radius 1 is 1.48 bits per heavy atom. The topological polar surface area (TPSA) is 86.8 Å². The monoisotopic (exact) mass is 314 g/mol. The van der Waals surface area contributed by atoms with Gasteiger partial charge >= 0.3 is 5.97 Å². The quantitative estimate of drug-likeness (QED) is 0.626. The molecule has 1 aliphatic rings. The summed E-state index contributed by atoms with van der Waals surface area (Å²) in [5.41, 5.74) is 0.0673. The fraction of sp³-hybridized carbons (Fsp3) is 0.615. The van der Waals surface area contributed by atoms with Crippen molar-refractivity contribution in [3.05, 3.63) is 10.6 Å². The van der Waals surface area contributed by atoms with Crippen LogP contribution >= 0.6 is 11.3 Å². The van der Waals surface area contributed by atoms with Crippen LogP contribution in [-0.4, -0.2) is 55.8 Å². The van der Waals surface area contributed by atoms with Crippen LogP contribution in [0, 0.1) is 0 Å². The highest BCUT2D eigenvalue weighted by Gasteiger charge is 2.23. The predicted molar refractivity (Wildman–Crippen MR) is 77.1 cm³/mol. The minimum atomic E-state index is -0.579. The normalized spacial score (nSPS) is 18.3. The second-order valence-electron chi connectivity index (χ2n) is 4.42. The van der Waals surface area contributed by atoms with Crippen molar-refractivity contribution >= 4 is 28.2 Å². The number of nitrogens with zero attached hydrogens (tertiary/aromatic N) is 1. The Bertz CT molecular complexity index is 511. The number of nitrogens with one attached hydrogen (secondary N) is 1. The van der Waals surface area contributed by atoms with Crippen molar-refractivity contribution in [2.24, 2.45) is 0 Å². The molecule has 1 atom stereocenters. The molecule has 1 unspecified atom stereocenters. The van der Waals surface area contributed by atoms with Crippen molar-refractivity contribution in [1.82, 2.24) is 4.98 Å². The van der Waals surface area contributed by atoms with E-state index in [2.05, 4.69) is 10.3 Å². The maximum Gasteiger partial charge on any atom is 0.358 e. The smallest absolute Gasteiger partial charge is 0.358 e. The lowest BCUT2D eigenvalue weighted by molar-refractivity contribution is -0.0818. The van der Waals surface area contributed by atoms with Crippen molar-refractivity contribution < 1.29 is 23.8 Å². The molecule has 21 heavy (non-hydrogen) atoms. The SMILES string of the molecule is CCOC(=O)c1nc(NCC2COCCO2)sc1C(C)=O. The summed E-state index contributed by atoms with van der Waals surface area (Å²) < 4.78 is 15.7. The van der Waals surface area contributed by atoms with Gasteiger partial charge in [0.25, 0.3) is 0 Å². The van der Waals surface area contributed by atoms with Crippen molar-refractivity contribution in [3.8, 4) is 0 Å². The predicted octanol–water partition coefficient (Wildman–Crippen LogP) is 1.35. The van der Waals surface area contributed by atoms with Crippen LogP contribution in [0.1, 0.15) is 34.0 Å². The van der Waals surface area contributed by atoms with Gasteiger partial charge in [0.05, 0.1) is 32.5 Å². The number of Topliss-reactive ketones (excluding diaryl/α,β-unsaturated/α-hetero) is 1. The fourth-order valence-corrected chi connectivity index (χ4v) is 2.68. The number of esters is 1. The van der Waals surface area contributed by atoms with E-state index in [4.69, 9.17) is 14.2 Å². The lowest BCUT2D eigenvalue weighted by Gasteiger charge is -2.22. The lowest BCUT2D eigenvalue weighted by atomic mass is 10.3. The van der Waals surface area contributed by atoms with Crippen LogP contribution in [0.25, 0.3) is 0 Å². The van der Waals surface area contributed by atoms with Gasteiger partial charge in [-0.15, -0.1) is 0 Å². The van der Waals surface area contributed by atoms with E-state index in [1.807, 2.05) is 0 Å². The number of hydrogen-bond acceptors (Lipinski definition) is 8. The van der Waals surface area contributed by atoms with Crippen molar-refractivity contribution in [1.29, 1.82) is 0 Å². The zero-order chi connectivity index (χ0) is 15.2. The molecule has 1 N–H and O–H groups in total. The number of thiazole rings is 1. The number of aromatic nitrogens is 1. The Kier molecular flexibility index (Phi) is 5.66. The molecule has 1 aromatic rings. The minimum Gasteiger partial charge on any atom is -0.461 e. The van der Waals surface area contributed by atoms with E-state index in [0.717, 1.165) is 11.3 Å². The summed E-state index contributed by atoms with van der Waals surface area (Å²) in [5, 5.41) is 3.57. The maximum absolute atomic E-state index is 11.8. The molecule has 0 amide bonds. The van der Waals surface area contributed by atoms with Crippen LogP contribution in [0.2, 0.25) is 0 Å². The molecule has 0 aromatic carbocycles. The molecule has 1 aliphatic heterocycles. The Hall–Kier alpha value is -1.51. The summed E-state index contributed by atoms with van der Waals surface area (Å²) in [6, 6.07) is 0. The maximum atomic E-state index is 11.8. The third kappa shape index (κ3) is 4.23. The van der Waals surface area contributed by atoms with E-state index in [-0.39, 0.29) is 24.2 Å². The molecular weight excluding hydrogens is 296 g/mol. The molecule has 1 aromatic heterocycles. The number of carbonyl (C=O) groups is 2. The molecule has 0 spiro atoms. The van der Waals surface area contributed by atoms with Crippen LogP contribution in [-0.2, 0) is 14.2 Å². The number of anilines is 1. The molecule has 1 saturated heterocycles. The summed E-state index contributed by atoms with van der Waals surface area (Å²) >= 11 is 1.14. The molecule has 1 fully saturated rings. The van der Waals surface area contributed by atoms with E-state index in [0.29, 0.717) is 36.4 Å². The number of carbonyl (C=O) groups excluding carboxylic acids is 2. The summed E-state index contributed by atoms with van der Waals surface area (Å²) in [6.45, 7) is 5.54. The molecule has 116 valence electrons. The van der Waals surface area contributed by atoms with Gasteiger partial charge < -0.3 is 19.5 Å². The average Bonchev–Trinajstić information content (AvgIpc) is 2.91. The van der Waals surface area contributed by atoms with E-state index >= 15 is 0 Å². The van der Waals surface area contributed by atoms with Gasteiger partial charge in [-0.2, -0.15) is 0 Å². The average molecular weight is 314 g/mol. The van der Waals surface area contributed by atoms with Crippen LogP contribution in [0.3, 0.4) is 0 Å². The van der Waals surface area contributed by atoms with Crippen LogP contribution in [0.5, 0.6) is 0 Å². The highest BCUT2D eigenvalue weighted by Crippen LogP contribution is 2.24. The van der Waals surface area contributed by atoms with Gasteiger partial charge in [-0.25, -0.2) is 9.78 Å². The van der Waals surface area contributed by atoms with Gasteiger partial charge in [0.15, 0.2) is 16.6 Å². The molecule has 2 rings (SSSR count). The molecule has 0 aliphatic carbocycles. The first-order valence-corrected chi connectivity index (χ1v) is 7.55. The van der Waals surface area contributed by atoms with E-state index in [1.165, 1.54) is 6.92 Å². The lowest BCUT2D eigenvalue weighted by Crippen LogP contribution is -2.34. The third-order valence-electron chi connectivity index (χ3n) is 2.78. The number of rotatable bonds is 6. The summed E-state index contributed by atoms with van der Waals surface area (Å²) in [6.07, 6.45) is -0.0607. The fourth-order valence-electron chi connectivity index (χ4n) is 1.83.